The number of nitrogens with two attached hydrogens (primary N) is 1. The van der Waals surface area contributed by atoms with Crippen molar-refractivity contribution >= 4 is 5.96 Å². The summed E-state index contributed by atoms with van der Waals surface area (Å²) in [6, 6.07) is 20.1. The highest BCUT2D eigenvalue weighted by atomic mass is 16.5. The number of hydrogen-bond donors (Lipinski definition) is 1. The Morgan fingerprint density at radius 3 is 2.77 bits per heavy atom. The topological polar surface area (TPSA) is 50.9 Å². The smallest absolute Gasteiger partial charge is 0.192 e. The molecule has 26 heavy (non-hydrogen) atoms. The molecule has 0 amide bonds. The van der Waals surface area contributed by atoms with Crippen LogP contribution in [-0.2, 0) is 6.42 Å². The zero-order valence-corrected chi connectivity index (χ0v) is 15.3. The molecule has 0 spiro atoms. The quantitative estimate of drug-likeness (QED) is 0.890. The van der Waals surface area contributed by atoms with Gasteiger partial charge in [-0.05, 0) is 55.4 Å². The van der Waals surface area contributed by atoms with Gasteiger partial charge in [0.25, 0.3) is 0 Å². The Kier molecular flexibility index (Phi) is 4.83. The number of aliphatic imine (C=N–C) groups is 1. The van der Waals surface area contributed by atoms with E-state index in [0.717, 1.165) is 25.0 Å². The third kappa shape index (κ3) is 3.41. The van der Waals surface area contributed by atoms with Crippen molar-refractivity contribution in [2.45, 2.75) is 50.2 Å². The van der Waals surface area contributed by atoms with Crippen LogP contribution in [0.3, 0.4) is 0 Å². The summed E-state index contributed by atoms with van der Waals surface area (Å²) in [5, 5.41) is 0. The molecule has 2 N–H and O–H groups in total. The average Bonchev–Trinajstić information content (AvgIpc) is 3.11. The zero-order chi connectivity index (χ0) is 17.9. The van der Waals surface area contributed by atoms with Gasteiger partial charge in [0.1, 0.15) is 5.75 Å². The molecule has 4 nitrogen and oxygen atoms in total. The van der Waals surface area contributed by atoms with E-state index in [2.05, 4.69) is 47.4 Å². The summed E-state index contributed by atoms with van der Waals surface area (Å²) in [6.07, 6.45) is 5.69. The van der Waals surface area contributed by atoms with Crippen LogP contribution < -0.4 is 10.5 Å². The normalized spacial score (nSPS) is 24.9. The lowest BCUT2D eigenvalue weighted by atomic mass is 9.97. The summed E-state index contributed by atoms with van der Waals surface area (Å²) < 4.78 is 5.36. The molecule has 0 aliphatic carbocycles. The van der Waals surface area contributed by atoms with Crippen molar-refractivity contribution in [3.05, 3.63) is 65.7 Å². The van der Waals surface area contributed by atoms with Crippen molar-refractivity contribution in [1.29, 1.82) is 0 Å². The maximum atomic E-state index is 6.42. The van der Waals surface area contributed by atoms with Crippen LogP contribution in [0.4, 0.5) is 0 Å². The van der Waals surface area contributed by atoms with Gasteiger partial charge in [-0.25, -0.2) is 4.99 Å². The van der Waals surface area contributed by atoms with Gasteiger partial charge in [0, 0.05) is 12.1 Å². The predicted molar refractivity (Wildman–Crippen MR) is 105 cm³/mol. The summed E-state index contributed by atoms with van der Waals surface area (Å²) >= 11 is 0. The molecular weight excluding hydrogens is 322 g/mol. The second-order valence-electron chi connectivity index (χ2n) is 7.33. The van der Waals surface area contributed by atoms with Gasteiger partial charge in [0.15, 0.2) is 5.96 Å². The number of nitrogens with zero attached hydrogens (tertiary/aromatic N) is 2. The minimum absolute atomic E-state index is 0.138. The number of rotatable bonds is 5. The van der Waals surface area contributed by atoms with E-state index in [9.17, 15) is 0 Å². The number of guanidine groups is 1. The summed E-state index contributed by atoms with van der Waals surface area (Å²) in [4.78, 5) is 7.23. The SMILES string of the molecule is COc1cccc([C@H]2C[C@H]3CC[C@H](CCc4ccccc4)N3C(N)=N2)c1. The Bertz CT molecular complexity index is 774. The van der Waals surface area contributed by atoms with Gasteiger partial charge in [-0.2, -0.15) is 0 Å². The van der Waals surface area contributed by atoms with Crippen molar-refractivity contribution in [3.8, 4) is 5.75 Å². The van der Waals surface area contributed by atoms with Gasteiger partial charge in [-0.3, -0.25) is 0 Å². The summed E-state index contributed by atoms with van der Waals surface area (Å²) in [5.41, 5.74) is 9.02. The molecule has 0 radical (unpaired) electrons. The van der Waals surface area contributed by atoms with E-state index >= 15 is 0 Å². The van der Waals surface area contributed by atoms with Crippen LogP contribution in [0.5, 0.6) is 5.75 Å². The Labute approximate surface area is 155 Å². The van der Waals surface area contributed by atoms with E-state index < -0.39 is 0 Å². The van der Waals surface area contributed by atoms with Gasteiger partial charge in [0.2, 0.25) is 0 Å². The summed E-state index contributed by atoms with van der Waals surface area (Å²) in [5.74, 6) is 1.59. The minimum atomic E-state index is 0.138. The zero-order valence-electron chi connectivity index (χ0n) is 15.3. The number of ether oxygens (including phenoxy) is 1. The highest BCUT2D eigenvalue weighted by molar-refractivity contribution is 5.80. The Morgan fingerprint density at radius 1 is 1.12 bits per heavy atom. The standard InChI is InChI=1S/C22H27N3O/c1-26-20-9-5-8-17(14-20)21-15-19-13-12-18(25(19)22(23)24-21)11-10-16-6-3-2-4-7-16/h2-9,14,18-19,21H,10-13,15H2,1H3,(H2,23,24)/t18-,19+,21+/m0/s1. The largest absolute Gasteiger partial charge is 0.497 e. The first-order valence-electron chi connectivity index (χ1n) is 9.54. The van der Waals surface area contributed by atoms with E-state index in [0.29, 0.717) is 18.0 Å². The average molecular weight is 349 g/mol. The van der Waals surface area contributed by atoms with Crippen molar-refractivity contribution in [2.75, 3.05) is 7.11 Å². The Hall–Kier alpha value is -2.49. The van der Waals surface area contributed by atoms with Crippen molar-refractivity contribution < 1.29 is 4.74 Å². The fraction of sp³-hybridized carbons (Fsp3) is 0.409. The van der Waals surface area contributed by atoms with Gasteiger partial charge in [-0.15, -0.1) is 0 Å². The van der Waals surface area contributed by atoms with Gasteiger partial charge in [0.05, 0.1) is 13.2 Å². The number of benzene rings is 2. The first kappa shape index (κ1) is 17.0. The lowest BCUT2D eigenvalue weighted by Crippen LogP contribution is -2.48. The third-order valence-corrected chi connectivity index (χ3v) is 5.76. The van der Waals surface area contributed by atoms with E-state index in [4.69, 9.17) is 15.5 Å². The van der Waals surface area contributed by atoms with Crippen LogP contribution in [0.2, 0.25) is 0 Å². The Morgan fingerprint density at radius 2 is 1.96 bits per heavy atom. The molecule has 0 aromatic heterocycles. The molecule has 1 saturated heterocycles. The number of methoxy groups -OCH3 is 1. The molecule has 1 fully saturated rings. The molecule has 3 atom stereocenters. The van der Waals surface area contributed by atoms with Crippen molar-refractivity contribution in [3.63, 3.8) is 0 Å². The van der Waals surface area contributed by atoms with Gasteiger partial charge >= 0.3 is 0 Å². The fourth-order valence-electron chi connectivity index (χ4n) is 4.42. The predicted octanol–water partition coefficient (Wildman–Crippen LogP) is 3.92. The molecule has 4 heteroatoms. The molecule has 2 aromatic rings. The first-order chi connectivity index (χ1) is 12.7. The van der Waals surface area contributed by atoms with Crippen LogP contribution in [0, 0.1) is 0 Å². The van der Waals surface area contributed by atoms with Crippen LogP contribution in [0.15, 0.2) is 59.6 Å². The molecule has 136 valence electrons. The third-order valence-electron chi connectivity index (χ3n) is 5.76. The second-order valence-corrected chi connectivity index (χ2v) is 7.33. The number of aryl methyl sites for hydroxylation is 1. The molecule has 2 aromatic carbocycles. The van der Waals surface area contributed by atoms with Crippen molar-refractivity contribution in [2.24, 2.45) is 10.7 Å². The fourth-order valence-corrected chi connectivity index (χ4v) is 4.42. The molecule has 0 saturated carbocycles. The number of fused-ring (bicyclic) bond motifs is 1. The van der Waals surface area contributed by atoms with E-state index in [1.165, 1.54) is 24.0 Å². The lowest BCUT2D eigenvalue weighted by Gasteiger charge is -2.37. The van der Waals surface area contributed by atoms with Gasteiger partial charge in [-0.1, -0.05) is 42.5 Å². The maximum Gasteiger partial charge on any atom is 0.192 e. The minimum Gasteiger partial charge on any atom is -0.497 e. The number of hydrogen-bond acceptors (Lipinski definition) is 4. The Balaban J connectivity index is 1.47. The molecule has 0 unspecified atom stereocenters. The molecule has 0 bridgehead atoms. The molecule has 2 heterocycles. The highest BCUT2D eigenvalue weighted by Crippen LogP contribution is 2.38. The summed E-state index contributed by atoms with van der Waals surface area (Å²) in [7, 11) is 1.70. The van der Waals surface area contributed by atoms with Crippen molar-refractivity contribution in [1.82, 2.24) is 4.90 Å². The van der Waals surface area contributed by atoms with Crippen LogP contribution in [-0.4, -0.2) is 30.1 Å². The first-order valence-corrected chi connectivity index (χ1v) is 9.54. The molecule has 4 rings (SSSR count). The van der Waals surface area contributed by atoms with Crippen LogP contribution in [0.1, 0.15) is 42.9 Å². The molecule has 2 aliphatic rings. The highest BCUT2D eigenvalue weighted by Gasteiger charge is 2.39. The summed E-state index contributed by atoms with van der Waals surface area (Å²) in [6.45, 7) is 0. The maximum absolute atomic E-state index is 6.42. The van der Waals surface area contributed by atoms with E-state index in [1.807, 2.05) is 12.1 Å². The van der Waals surface area contributed by atoms with E-state index in [-0.39, 0.29) is 6.04 Å². The second kappa shape index (κ2) is 7.40. The lowest BCUT2D eigenvalue weighted by molar-refractivity contribution is 0.256. The molecular formula is C22H27N3O. The molecule has 2 aliphatic heterocycles. The van der Waals surface area contributed by atoms with Crippen LogP contribution >= 0.6 is 0 Å². The van der Waals surface area contributed by atoms with Gasteiger partial charge < -0.3 is 15.4 Å². The van der Waals surface area contributed by atoms with Crippen LogP contribution in [0.25, 0.3) is 0 Å². The van der Waals surface area contributed by atoms with E-state index in [1.54, 1.807) is 7.11 Å². The monoisotopic (exact) mass is 349 g/mol.